The van der Waals surface area contributed by atoms with E-state index in [0.717, 1.165) is 36.3 Å². The molecular weight excluding hydrogens is 466 g/mol. The Morgan fingerprint density at radius 2 is 1.76 bits per heavy atom. The molecule has 182 valence electrons. The Morgan fingerprint density at radius 1 is 1.12 bits per heavy atom. The Kier molecular flexibility index (Phi) is 7.83. The summed E-state index contributed by atoms with van der Waals surface area (Å²) in [6.07, 6.45) is 1.91. The van der Waals surface area contributed by atoms with Gasteiger partial charge in [-0.15, -0.1) is 0 Å². The Morgan fingerprint density at radius 3 is 2.38 bits per heavy atom. The molecule has 1 atom stereocenters. The molecule has 0 aliphatic carbocycles. The average molecular weight is 493 g/mol. The number of hydrogen-bond acceptors (Lipinski definition) is 5. The van der Waals surface area contributed by atoms with Crippen LogP contribution in [0.2, 0.25) is 0 Å². The monoisotopic (exact) mass is 492 g/mol. The van der Waals surface area contributed by atoms with Crippen molar-refractivity contribution in [1.82, 2.24) is 9.62 Å². The van der Waals surface area contributed by atoms with E-state index in [9.17, 15) is 26.8 Å². The molecule has 0 aromatic heterocycles. The number of piperidine rings is 1. The van der Waals surface area contributed by atoms with Crippen molar-refractivity contribution >= 4 is 28.0 Å². The second-order valence-corrected chi connectivity index (χ2v) is 9.98. The van der Waals surface area contributed by atoms with Crippen LogP contribution in [0.15, 0.2) is 53.9 Å². The number of esters is 1. The highest BCUT2D eigenvalue weighted by atomic mass is 32.2. The first-order valence-corrected chi connectivity index (χ1v) is 12.2. The zero-order valence-corrected chi connectivity index (χ0v) is 19.6. The first-order chi connectivity index (χ1) is 16.1. The lowest BCUT2D eigenvalue weighted by Gasteiger charge is -2.33. The highest BCUT2D eigenvalue weighted by Crippen LogP contribution is 2.28. The standard InChI is InChI=1S/C24H26F2N2O5S/c1-24(23(30)33-2,20-16-19(25)8-9-21(20)26)27-22(29)18-10-13-28(14-11-18)34(31,32)15-12-17-6-4-3-5-7-17/h3-9,12,15-16,18H,10-11,13-14H2,1-2H3,(H,27,29)/b15-12-/t24-/m0/s1. The number of halogens is 2. The van der Waals surface area contributed by atoms with Gasteiger partial charge in [-0.25, -0.2) is 22.0 Å². The number of rotatable bonds is 7. The molecule has 1 aliphatic rings. The average Bonchev–Trinajstić information content (AvgIpc) is 2.84. The molecule has 0 bridgehead atoms. The third-order valence-corrected chi connectivity index (χ3v) is 7.42. The Bertz CT molecular complexity index is 1180. The van der Waals surface area contributed by atoms with Gasteiger partial charge in [0.2, 0.25) is 15.9 Å². The predicted molar refractivity (Wildman–Crippen MR) is 123 cm³/mol. The van der Waals surface area contributed by atoms with Crippen LogP contribution in [0.4, 0.5) is 8.78 Å². The van der Waals surface area contributed by atoms with Crippen LogP contribution in [0.25, 0.3) is 6.08 Å². The first-order valence-electron chi connectivity index (χ1n) is 10.7. The van der Waals surface area contributed by atoms with Gasteiger partial charge in [-0.05, 0) is 49.6 Å². The van der Waals surface area contributed by atoms with Crippen molar-refractivity contribution in [1.29, 1.82) is 0 Å². The first kappa shape index (κ1) is 25.5. The van der Waals surface area contributed by atoms with E-state index in [0.29, 0.717) is 0 Å². The molecule has 1 saturated heterocycles. The van der Waals surface area contributed by atoms with Crippen molar-refractivity contribution in [3.8, 4) is 0 Å². The second-order valence-electron chi connectivity index (χ2n) is 8.16. The quantitative estimate of drug-likeness (QED) is 0.600. The van der Waals surface area contributed by atoms with E-state index < -0.39 is 45.0 Å². The molecule has 10 heteroatoms. The summed E-state index contributed by atoms with van der Waals surface area (Å²) in [6, 6.07) is 11.6. The van der Waals surface area contributed by atoms with E-state index in [1.165, 1.54) is 17.3 Å². The summed E-state index contributed by atoms with van der Waals surface area (Å²) in [5.74, 6) is -3.81. The summed E-state index contributed by atoms with van der Waals surface area (Å²) in [5, 5.41) is 3.63. The molecule has 1 fully saturated rings. The lowest BCUT2D eigenvalue weighted by molar-refractivity contribution is -0.151. The van der Waals surface area contributed by atoms with E-state index in [4.69, 9.17) is 4.74 Å². The van der Waals surface area contributed by atoms with E-state index in [2.05, 4.69) is 5.32 Å². The van der Waals surface area contributed by atoms with Crippen molar-refractivity contribution in [3.05, 3.63) is 76.7 Å². The summed E-state index contributed by atoms with van der Waals surface area (Å²) in [7, 11) is -2.60. The Labute approximate surface area is 197 Å². The highest BCUT2D eigenvalue weighted by molar-refractivity contribution is 7.92. The summed E-state index contributed by atoms with van der Waals surface area (Å²) in [4.78, 5) is 25.4. The fourth-order valence-electron chi connectivity index (χ4n) is 3.85. The minimum absolute atomic E-state index is 0.100. The number of benzene rings is 2. The van der Waals surface area contributed by atoms with Crippen molar-refractivity contribution in [2.45, 2.75) is 25.3 Å². The second kappa shape index (κ2) is 10.4. The molecule has 1 aliphatic heterocycles. The van der Waals surface area contributed by atoms with Gasteiger partial charge >= 0.3 is 5.97 Å². The number of methoxy groups -OCH3 is 1. The smallest absolute Gasteiger partial charge is 0.336 e. The maximum Gasteiger partial charge on any atom is 0.336 e. The van der Waals surface area contributed by atoms with Gasteiger partial charge in [0.05, 0.1) is 7.11 Å². The number of sulfonamides is 1. The fraction of sp³-hybridized carbons (Fsp3) is 0.333. The molecule has 3 rings (SSSR count). The minimum atomic E-state index is -3.68. The highest BCUT2D eigenvalue weighted by Gasteiger charge is 2.42. The maximum atomic E-state index is 14.4. The normalized spacial score (nSPS) is 17.3. The summed E-state index contributed by atoms with van der Waals surface area (Å²) >= 11 is 0. The van der Waals surface area contributed by atoms with Crippen LogP contribution in [-0.4, -0.2) is 44.8 Å². The number of carbonyl (C=O) groups excluding carboxylic acids is 2. The molecule has 0 radical (unpaired) electrons. The third kappa shape index (κ3) is 5.68. The van der Waals surface area contributed by atoms with Gasteiger partial charge < -0.3 is 10.1 Å². The lowest BCUT2D eigenvalue weighted by Crippen LogP contribution is -2.53. The van der Waals surface area contributed by atoms with Gasteiger partial charge in [-0.3, -0.25) is 4.79 Å². The fourth-order valence-corrected chi connectivity index (χ4v) is 5.07. The summed E-state index contributed by atoms with van der Waals surface area (Å²) < 4.78 is 59.5. The molecule has 0 unspecified atom stereocenters. The Hall–Kier alpha value is -3.11. The van der Waals surface area contributed by atoms with Gasteiger partial charge in [0.25, 0.3) is 0 Å². The SMILES string of the molecule is COC(=O)[C@@](C)(NC(=O)C1CCN(S(=O)(=O)/C=C\c2ccccc2)CC1)c1cc(F)ccc1F. The van der Waals surface area contributed by atoms with Crippen molar-refractivity contribution < 1.29 is 31.5 Å². The van der Waals surface area contributed by atoms with E-state index in [1.54, 1.807) is 24.3 Å². The van der Waals surface area contributed by atoms with Crippen molar-refractivity contribution in [2.75, 3.05) is 20.2 Å². The van der Waals surface area contributed by atoms with Gasteiger partial charge in [-0.1, -0.05) is 30.3 Å². The van der Waals surface area contributed by atoms with Gasteiger partial charge in [0.15, 0.2) is 5.54 Å². The maximum absolute atomic E-state index is 14.4. The topological polar surface area (TPSA) is 92.8 Å². The molecule has 1 heterocycles. The number of amides is 1. The van der Waals surface area contributed by atoms with E-state index in [1.807, 2.05) is 6.07 Å². The molecule has 34 heavy (non-hydrogen) atoms. The van der Waals surface area contributed by atoms with Crippen LogP contribution < -0.4 is 5.32 Å². The number of nitrogens with one attached hydrogen (secondary N) is 1. The van der Waals surface area contributed by atoms with Crippen LogP contribution in [-0.2, 0) is 29.9 Å². The van der Waals surface area contributed by atoms with Gasteiger partial charge in [0.1, 0.15) is 11.6 Å². The molecular formula is C24H26F2N2O5S. The largest absolute Gasteiger partial charge is 0.467 e. The molecule has 1 N–H and O–H groups in total. The molecule has 1 amide bonds. The van der Waals surface area contributed by atoms with Crippen molar-refractivity contribution in [2.24, 2.45) is 5.92 Å². The van der Waals surface area contributed by atoms with E-state index >= 15 is 0 Å². The number of ether oxygens (including phenoxy) is 1. The summed E-state index contributed by atoms with van der Waals surface area (Å²) in [6.45, 7) is 1.44. The van der Waals surface area contributed by atoms with Crippen LogP contribution in [0, 0.1) is 17.6 Å². The van der Waals surface area contributed by atoms with Crippen LogP contribution in [0.1, 0.15) is 30.9 Å². The zero-order chi connectivity index (χ0) is 24.9. The number of hydrogen-bond donors (Lipinski definition) is 1. The number of nitrogens with zero attached hydrogens (tertiary/aromatic N) is 1. The molecule has 2 aromatic rings. The van der Waals surface area contributed by atoms with Crippen LogP contribution in [0.3, 0.4) is 0 Å². The van der Waals surface area contributed by atoms with Crippen molar-refractivity contribution in [3.63, 3.8) is 0 Å². The molecule has 2 aromatic carbocycles. The third-order valence-electron chi connectivity index (χ3n) is 5.85. The number of carbonyl (C=O) groups is 2. The van der Waals surface area contributed by atoms with Gasteiger partial charge in [-0.2, -0.15) is 4.31 Å². The molecule has 0 saturated carbocycles. The molecule has 7 nitrogen and oxygen atoms in total. The molecule has 0 spiro atoms. The van der Waals surface area contributed by atoms with Gasteiger partial charge in [0, 0.05) is 30.0 Å². The minimum Gasteiger partial charge on any atom is -0.467 e. The Balaban J connectivity index is 1.70. The lowest BCUT2D eigenvalue weighted by atomic mass is 9.89. The predicted octanol–water partition coefficient (Wildman–Crippen LogP) is 3.18. The zero-order valence-electron chi connectivity index (χ0n) is 18.8. The van der Waals surface area contributed by atoms with E-state index in [-0.39, 0.29) is 31.5 Å². The van der Waals surface area contributed by atoms with Crippen LogP contribution in [0.5, 0.6) is 0 Å². The summed E-state index contributed by atoms with van der Waals surface area (Å²) in [5.41, 5.74) is -1.58. The van der Waals surface area contributed by atoms with Crippen LogP contribution >= 0.6 is 0 Å².